The molecular formula is C14H20O2. The molecule has 0 radical (unpaired) electrons. The maximum atomic E-state index is 10.4. The summed E-state index contributed by atoms with van der Waals surface area (Å²) in [6.07, 6.45) is 3.87. The summed E-state index contributed by atoms with van der Waals surface area (Å²) in [6, 6.07) is 7.77. The van der Waals surface area contributed by atoms with Gasteiger partial charge in [0.25, 0.3) is 0 Å². The summed E-state index contributed by atoms with van der Waals surface area (Å²) < 4.78 is 0. The van der Waals surface area contributed by atoms with Crippen LogP contribution >= 0.6 is 0 Å². The molecule has 88 valence electrons. The van der Waals surface area contributed by atoms with Gasteiger partial charge in [-0.05, 0) is 25.3 Å². The molecule has 1 unspecified atom stereocenters. The molecule has 2 heteroatoms. The fourth-order valence-corrected chi connectivity index (χ4v) is 2.50. The Morgan fingerprint density at radius 2 is 1.62 bits per heavy atom. The summed E-state index contributed by atoms with van der Waals surface area (Å²) in [5.74, 6) is 0. The predicted molar refractivity (Wildman–Crippen MR) is 64.2 cm³/mol. The van der Waals surface area contributed by atoms with E-state index >= 15 is 0 Å². The van der Waals surface area contributed by atoms with Gasteiger partial charge < -0.3 is 10.2 Å². The van der Waals surface area contributed by atoms with E-state index in [4.69, 9.17) is 0 Å². The van der Waals surface area contributed by atoms with Crippen molar-refractivity contribution in [2.75, 3.05) is 0 Å². The molecule has 1 aromatic carbocycles. The van der Waals surface area contributed by atoms with E-state index in [0.29, 0.717) is 12.8 Å². The van der Waals surface area contributed by atoms with Gasteiger partial charge in [-0.15, -0.1) is 0 Å². The second-order valence-electron chi connectivity index (χ2n) is 4.98. The highest BCUT2D eigenvalue weighted by molar-refractivity contribution is 5.25. The van der Waals surface area contributed by atoms with Crippen molar-refractivity contribution in [3.8, 4) is 0 Å². The molecule has 2 rings (SSSR count). The van der Waals surface area contributed by atoms with Crippen LogP contribution < -0.4 is 0 Å². The molecule has 1 aromatic rings. The molecule has 0 amide bonds. The molecule has 1 aliphatic rings. The van der Waals surface area contributed by atoms with Crippen molar-refractivity contribution in [2.24, 2.45) is 0 Å². The summed E-state index contributed by atoms with van der Waals surface area (Å²) in [6.45, 7) is 2.02. The van der Waals surface area contributed by atoms with Crippen LogP contribution in [0, 0.1) is 6.92 Å². The summed E-state index contributed by atoms with van der Waals surface area (Å²) in [5, 5.41) is 20.7. The lowest BCUT2D eigenvalue weighted by Gasteiger charge is -2.36. The number of benzene rings is 1. The van der Waals surface area contributed by atoms with E-state index < -0.39 is 11.7 Å². The first kappa shape index (κ1) is 11.6. The van der Waals surface area contributed by atoms with Crippen molar-refractivity contribution in [3.05, 3.63) is 35.4 Å². The first-order chi connectivity index (χ1) is 7.62. The van der Waals surface area contributed by atoms with Crippen LogP contribution in [0.4, 0.5) is 0 Å². The van der Waals surface area contributed by atoms with Crippen LogP contribution in [0.15, 0.2) is 24.3 Å². The van der Waals surface area contributed by atoms with Crippen molar-refractivity contribution < 1.29 is 10.2 Å². The SMILES string of the molecule is Cc1ccc(C(O)C2(O)CCCCC2)cc1. The van der Waals surface area contributed by atoms with E-state index in [1.54, 1.807) is 0 Å². The van der Waals surface area contributed by atoms with Crippen molar-refractivity contribution >= 4 is 0 Å². The lowest BCUT2D eigenvalue weighted by Crippen LogP contribution is -2.38. The van der Waals surface area contributed by atoms with Gasteiger partial charge in [-0.3, -0.25) is 0 Å². The van der Waals surface area contributed by atoms with Gasteiger partial charge in [0.2, 0.25) is 0 Å². The minimum atomic E-state index is -0.909. The molecule has 0 heterocycles. The molecule has 0 aromatic heterocycles. The third-order valence-electron chi connectivity index (χ3n) is 3.62. The van der Waals surface area contributed by atoms with Crippen molar-refractivity contribution in [1.82, 2.24) is 0 Å². The lowest BCUT2D eigenvalue weighted by molar-refractivity contribution is -0.0991. The first-order valence-corrected chi connectivity index (χ1v) is 6.09. The molecule has 1 fully saturated rings. The summed E-state index contributed by atoms with van der Waals surface area (Å²) in [5.41, 5.74) is 1.09. The molecule has 2 nitrogen and oxygen atoms in total. The van der Waals surface area contributed by atoms with Crippen LogP contribution in [0.3, 0.4) is 0 Å². The Kier molecular flexibility index (Phi) is 3.31. The zero-order valence-corrected chi connectivity index (χ0v) is 9.82. The van der Waals surface area contributed by atoms with E-state index in [0.717, 1.165) is 18.4 Å². The Morgan fingerprint density at radius 3 is 2.19 bits per heavy atom. The summed E-state index contributed by atoms with van der Waals surface area (Å²) in [4.78, 5) is 0. The molecule has 2 N–H and O–H groups in total. The fourth-order valence-electron chi connectivity index (χ4n) is 2.50. The van der Waals surface area contributed by atoms with Crippen molar-refractivity contribution in [1.29, 1.82) is 0 Å². The molecule has 0 bridgehead atoms. The highest BCUT2D eigenvalue weighted by Crippen LogP contribution is 2.38. The number of aryl methyl sites for hydroxylation is 1. The number of aliphatic hydroxyl groups excluding tert-OH is 1. The highest BCUT2D eigenvalue weighted by atomic mass is 16.3. The van der Waals surface area contributed by atoms with Gasteiger partial charge >= 0.3 is 0 Å². The lowest BCUT2D eigenvalue weighted by atomic mass is 9.78. The zero-order valence-electron chi connectivity index (χ0n) is 9.82. The van der Waals surface area contributed by atoms with Crippen LogP contribution in [0.2, 0.25) is 0 Å². The smallest absolute Gasteiger partial charge is 0.108 e. The maximum absolute atomic E-state index is 10.4. The molecule has 1 atom stereocenters. The van der Waals surface area contributed by atoms with Gasteiger partial charge in [0.05, 0.1) is 5.60 Å². The topological polar surface area (TPSA) is 40.5 Å². The average molecular weight is 220 g/mol. The van der Waals surface area contributed by atoms with Gasteiger partial charge in [0.15, 0.2) is 0 Å². The standard InChI is InChI=1S/C14H20O2/c1-11-5-7-12(8-6-11)13(15)14(16)9-3-2-4-10-14/h5-8,13,15-16H,2-4,9-10H2,1H3. The Morgan fingerprint density at radius 1 is 1.06 bits per heavy atom. The molecular weight excluding hydrogens is 200 g/mol. The van der Waals surface area contributed by atoms with Gasteiger partial charge in [-0.1, -0.05) is 49.1 Å². The van der Waals surface area contributed by atoms with E-state index in [2.05, 4.69) is 0 Å². The van der Waals surface area contributed by atoms with Gasteiger partial charge in [-0.2, -0.15) is 0 Å². The van der Waals surface area contributed by atoms with Gasteiger partial charge in [0, 0.05) is 0 Å². The fraction of sp³-hybridized carbons (Fsp3) is 0.571. The molecule has 1 saturated carbocycles. The number of hydrogen-bond acceptors (Lipinski definition) is 2. The van der Waals surface area contributed by atoms with Crippen molar-refractivity contribution in [3.63, 3.8) is 0 Å². The molecule has 1 aliphatic carbocycles. The average Bonchev–Trinajstić information content (AvgIpc) is 2.30. The van der Waals surface area contributed by atoms with Crippen LogP contribution in [-0.2, 0) is 0 Å². The monoisotopic (exact) mass is 220 g/mol. The first-order valence-electron chi connectivity index (χ1n) is 6.09. The predicted octanol–water partition coefficient (Wildman–Crippen LogP) is 2.72. The Hall–Kier alpha value is -0.860. The second kappa shape index (κ2) is 4.56. The Bertz CT molecular complexity index is 336. The zero-order chi connectivity index (χ0) is 11.6. The third-order valence-corrected chi connectivity index (χ3v) is 3.62. The minimum absolute atomic E-state index is 0.710. The number of rotatable bonds is 2. The largest absolute Gasteiger partial charge is 0.387 e. The van der Waals surface area contributed by atoms with Crippen LogP contribution in [0.25, 0.3) is 0 Å². The van der Waals surface area contributed by atoms with E-state index in [9.17, 15) is 10.2 Å². The summed E-state index contributed by atoms with van der Waals surface area (Å²) >= 11 is 0. The van der Waals surface area contributed by atoms with Crippen LogP contribution in [0.5, 0.6) is 0 Å². The quantitative estimate of drug-likeness (QED) is 0.804. The second-order valence-corrected chi connectivity index (χ2v) is 4.98. The third kappa shape index (κ3) is 2.28. The Labute approximate surface area is 96.9 Å². The normalized spacial score (nSPS) is 21.7. The maximum Gasteiger partial charge on any atom is 0.108 e. The van der Waals surface area contributed by atoms with E-state index in [1.807, 2.05) is 31.2 Å². The summed E-state index contributed by atoms with van der Waals surface area (Å²) in [7, 11) is 0. The van der Waals surface area contributed by atoms with E-state index in [-0.39, 0.29) is 0 Å². The van der Waals surface area contributed by atoms with Gasteiger partial charge in [0.1, 0.15) is 6.10 Å². The molecule has 0 spiro atoms. The molecule has 16 heavy (non-hydrogen) atoms. The molecule has 0 aliphatic heterocycles. The van der Waals surface area contributed by atoms with Crippen LogP contribution in [-0.4, -0.2) is 15.8 Å². The number of aliphatic hydroxyl groups is 2. The van der Waals surface area contributed by atoms with Gasteiger partial charge in [-0.25, -0.2) is 0 Å². The Balaban J connectivity index is 2.16. The number of hydrogen-bond donors (Lipinski definition) is 2. The van der Waals surface area contributed by atoms with Crippen LogP contribution in [0.1, 0.15) is 49.3 Å². The highest BCUT2D eigenvalue weighted by Gasteiger charge is 2.37. The minimum Gasteiger partial charge on any atom is -0.387 e. The van der Waals surface area contributed by atoms with E-state index in [1.165, 1.54) is 12.0 Å². The molecule has 0 saturated heterocycles. The van der Waals surface area contributed by atoms with Crippen molar-refractivity contribution in [2.45, 2.75) is 50.7 Å².